The Morgan fingerprint density at radius 1 is 0.895 bits per heavy atom. The molecule has 0 aliphatic rings. The van der Waals surface area contributed by atoms with Gasteiger partial charge >= 0.3 is 12.1 Å². The summed E-state index contributed by atoms with van der Waals surface area (Å²) in [5.41, 5.74) is -0.448. The number of carbonyl (C=O) groups excluding carboxylic acids is 3. The number of carboxylic acids is 1. The van der Waals surface area contributed by atoms with Gasteiger partial charge in [0.2, 0.25) is 5.91 Å². The van der Waals surface area contributed by atoms with Crippen molar-refractivity contribution in [3.05, 3.63) is 71.3 Å². The van der Waals surface area contributed by atoms with E-state index < -0.39 is 29.4 Å². The van der Waals surface area contributed by atoms with Crippen LogP contribution in [0.3, 0.4) is 0 Å². The predicted octanol–water partition coefficient (Wildman–Crippen LogP) is 3.77. The Hall–Kier alpha value is -5.70. The number of phenolic OH excluding ortho intramolecular Hbond substituents is 1. The summed E-state index contributed by atoms with van der Waals surface area (Å²) in [6.45, 7) is 1.31. The molecule has 12 nitrogen and oxygen atoms in total. The van der Waals surface area contributed by atoms with Gasteiger partial charge in [-0.1, -0.05) is 18.2 Å². The van der Waals surface area contributed by atoms with Gasteiger partial charge in [-0.05, 0) is 36.4 Å². The highest BCUT2D eigenvalue weighted by Crippen LogP contribution is 2.38. The fraction of sp³-hybridized carbons (Fsp3) is 0.0769. The Morgan fingerprint density at radius 3 is 2.24 bits per heavy atom. The Labute approximate surface area is 216 Å². The van der Waals surface area contributed by atoms with Gasteiger partial charge in [-0.3, -0.25) is 20.3 Å². The summed E-state index contributed by atoms with van der Waals surface area (Å²) in [5.74, 6) is -3.34. The number of methoxy groups -OCH3 is 1. The minimum absolute atomic E-state index is 0.0459. The summed E-state index contributed by atoms with van der Waals surface area (Å²) in [4.78, 5) is 48.1. The molecule has 0 heterocycles. The summed E-state index contributed by atoms with van der Waals surface area (Å²) < 4.78 is 4.66. The first-order valence-corrected chi connectivity index (χ1v) is 10.8. The van der Waals surface area contributed by atoms with Crippen molar-refractivity contribution in [3.63, 3.8) is 0 Å². The van der Waals surface area contributed by atoms with Crippen molar-refractivity contribution < 1.29 is 34.1 Å². The highest BCUT2D eigenvalue weighted by Gasteiger charge is 2.23. The third kappa shape index (κ3) is 5.92. The van der Waals surface area contributed by atoms with Crippen molar-refractivity contribution in [2.75, 3.05) is 23.1 Å². The van der Waals surface area contributed by atoms with Gasteiger partial charge in [0.05, 0.1) is 35.7 Å². The molecule has 3 aromatic carbocycles. The average Bonchev–Trinajstić information content (AvgIpc) is 2.89. The molecule has 3 amide bonds. The second kappa shape index (κ2) is 11.4. The van der Waals surface area contributed by atoms with Crippen LogP contribution in [0.4, 0.5) is 21.9 Å². The number of amides is 3. The quantitative estimate of drug-likeness (QED) is 0.201. The molecule has 0 atom stereocenters. The maximum atomic E-state index is 12.9. The number of ether oxygens (including phenoxy) is 1. The molecular weight excluding hydrogens is 494 g/mol. The smallest absolute Gasteiger partial charge is 0.411 e. The Kier molecular flexibility index (Phi) is 8.04. The molecule has 0 aromatic heterocycles. The molecule has 6 N–H and O–H groups in total. The summed E-state index contributed by atoms with van der Waals surface area (Å²) in [6.07, 6.45) is -0.875. The van der Waals surface area contributed by atoms with E-state index in [-0.39, 0.29) is 39.5 Å². The number of hydrogen-bond acceptors (Lipinski definition) is 8. The van der Waals surface area contributed by atoms with E-state index in [9.17, 15) is 29.4 Å². The molecule has 12 heteroatoms. The van der Waals surface area contributed by atoms with Gasteiger partial charge in [0, 0.05) is 29.3 Å². The molecule has 0 aliphatic carbocycles. The Balaban J connectivity index is 2.06. The van der Waals surface area contributed by atoms with Gasteiger partial charge in [-0.25, -0.2) is 9.59 Å². The van der Waals surface area contributed by atoms with Crippen molar-refractivity contribution in [2.45, 2.75) is 6.92 Å². The number of para-hydroxylation sites is 1. The molecule has 0 spiro atoms. The van der Waals surface area contributed by atoms with Crippen molar-refractivity contribution >= 4 is 46.7 Å². The summed E-state index contributed by atoms with van der Waals surface area (Å²) in [6, 6.07) is 14.3. The molecule has 0 unspecified atom stereocenters. The van der Waals surface area contributed by atoms with Gasteiger partial charge in [0.1, 0.15) is 11.5 Å². The van der Waals surface area contributed by atoms with Crippen LogP contribution in [0.1, 0.15) is 28.4 Å². The van der Waals surface area contributed by atoms with Crippen molar-refractivity contribution in [3.8, 4) is 22.9 Å². The van der Waals surface area contributed by atoms with Crippen LogP contribution in [0.15, 0.2) is 54.6 Å². The molecule has 3 aromatic rings. The first-order valence-electron chi connectivity index (χ1n) is 10.8. The van der Waals surface area contributed by atoms with Crippen LogP contribution in [-0.2, 0) is 14.3 Å². The third-order valence-corrected chi connectivity index (χ3v) is 5.21. The van der Waals surface area contributed by atoms with E-state index >= 15 is 0 Å². The van der Waals surface area contributed by atoms with E-state index in [1.807, 2.05) is 0 Å². The minimum Gasteiger partial charge on any atom is -0.507 e. The zero-order valence-electron chi connectivity index (χ0n) is 20.1. The molecule has 0 saturated carbocycles. The molecule has 38 heavy (non-hydrogen) atoms. The third-order valence-electron chi connectivity index (χ3n) is 5.21. The highest BCUT2D eigenvalue weighted by molar-refractivity contribution is 6.48. The van der Waals surface area contributed by atoms with Gasteiger partial charge in [-0.15, -0.1) is 0 Å². The summed E-state index contributed by atoms with van der Waals surface area (Å²) in [7, 11) is 1.13. The van der Waals surface area contributed by atoms with Crippen LogP contribution in [-0.4, -0.2) is 46.9 Å². The minimum atomic E-state index is -1.40. The lowest BCUT2D eigenvalue weighted by Gasteiger charge is -2.17. The van der Waals surface area contributed by atoms with Crippen LogP contribution in [0.5, 0.6) is 5.75 Å². The predicted molar refractivity (Wildman–Crippen MR) is 137 cm³/mol. The Bertz CT molecular complexity index is 1520. The fourth-order valence-electron chi connectivity index (χ4n) is 3.50. The van der Waals surface area contributed by atoms with Crippen molar-refractivity contribution in [2.24, 2.45) is 0 Å². The van der Waals surface area contributed by atoms with E-state index in [0.717, 1.165) is 13.2 Å². The molecule has 0 fully saturated rings. The van der Waals surface area contributed by atoms with Crippen LogP contribution < -0.4 is 16.0 Å². The van der Waals surface area contributed by atoms with E-state index in [0.29, 0.717) is 11.3 Å². The van der Waals surface area contributed by atoms with E-state index in [1.54, 1.807) is 30.3 Å². The largest absolute Gasteiger partial charge is 0.507 e. The molecule has 192 valence electrons. The number of aromatic carboxylic acids is 1. The van der Waals surface area contributed by atoms with Crippen molar-refractivity contribution in [1.82, 2.24) is 0 Å². The second-order valence-corrected chi connectivity index (χ2v) is 7.76. The maximum absolute atomic E-state index is 12.9. The standard InChI is InChI=1S/C26H21N5O7/c1-13(32)29-19-6-4-3-5-15(19)16-11-22(33)18(10-21(16)31-26(37)38-2)23(28)24(34)30-20-8-7-14(12-27)9-17(20)25(35)36/h3-11,28,33H,1-2H3,(H,29,32)(H,30,34)(H,31,37)(H,35,36). The molecule has 0 saturated heterocycles. The number of aromatic hydroxyl groups is 1. The van der Waals surface area contributed by atoms with Gasteiger partial charge < -0.3 is 25.6 Å². The van der Waals surface area contributed by atoms with Crippen LogP contribution in [0.2, 0.25) is 0 Å². The number of hydrogen-bond donors (Lipinski definition) is 6. The summed E-state index contributed by atoms with van der Waals surface area (Å²) in [5, 5.41) is 44.9. The average molecular weight is 515 g/mol. The van der Waals surface area contributed by atoms with Gasteiger partial charge in [0.25, 0.3) is 5.91 Å². The molecular formula is C26H21N5O7. The zero-order valence-corrected chi connectivity index (χ0v) is 20.1. The number of carboxylic acid groups (broad SMARTS) is 1. The van der Waals surface area contributed by atoms with E-state index in [1.165, 1.54) is 31.2 Å². The first-order chi connectivity index (χ1) is 18.0. The Morgan fingerprint density at radius 2 is 1.61 bits per heavy atom. The second-order valence-electron chi connectivity index (χ2n) is 7.76. The van der Waals surface area contributed by atoms with Crippen LogP contribution >= 0.6 is 0 Å². The summed E-state index contributed by atoms with van der Waals surface area (Å²) >= 11 is 0. The SMILES string of the molecule is COC(=O)Nc1cc(C(=N)C(=O)Nc2ccc(C#N)cc2C(=O)O)c(O)cc1-c1ccccc1NC(C)=O. The number of carbonyl (C=O) groups is 4. The first kappa shape index (κ1) is 26.9. The molecule has 0 radical (unpaired) electrons. The maximum Gasteiger partial charge on any atom is 0.411 e. The number of nitriles is 1. The van der Waals surface area contributed by atoms with Crippen LogP contribution in [0, 0.1) is 16.7 Å². The number of nitrogens with one attached hydrogen (secondary N) is 4. The van der Waals surface area contributed by atoms with Crippen LogP contribution in [0.25, 0.3) is 11.1 Å². The number of rotatable bonds is 7. The monoisotopic (exact) mass is 515 g/mol. The topological polar surface area (TPSA) is 202 Å². The van der Waals surface area contributed by atoms with Gasteiger partial charge in [0.15, 0.2) is 0 Å². The molecule has 3 rings (SSSR count). The van der Waals surface area contributed by atoms with E-state index in [2.05, 4.69) is 20.7 Å². The molecule has 0 bridgehead atoms. The number of benzene rings is 3. The zero-order chi connectivity index (χ0) is 28.0. The van der Waals surface area contributed by atoms with Gasteiger partial charge in [-0.2, -0.15) is 5.26 Å². The molecule has 0 aliphatic heterocycles. The lowest BCUT2D eigenvalue weighted by atomic mass is 9.97. The van der Waals surface area contributed by atoms with Crippen molar-refractivity contribution in [1.29, 1.82) is 10.7 Å². The van der Waals surface area contributed by atoms with E-state index in [4.69, 9.17) is 10.7 Å². The fourth-order valence-corrected chi connectivity index (χ4v) is 3.50. The number of nitrogens with zero attached hydrogens (tertiary/aromatic N) is 1. The number of anilines is 3. The lowest BCUT2D eigenvalue weighted by Crippen LogP contribution is -2.24. The lowest BCUT2D eigenvalue weighted by molar-refractivity contribution is -0.114. The highest BCUT2D eigenvalue weighted by atomic mass is 16.5. The normalized spacial score (nSPS) is 10.0. The number of phenols is 1.